The average Bonchev–Trinajstić information content (AvgIpc) is 2.51. The lowest BCUT2D eigenvalue weighted by Crippen LogP contribution is -2.34. The number of ether oxygens (including phenoxy) is 2. The largest absolute Gasteiger partial charge is 0.497 e. The second-order valence-corrected chi connectivity index (χ2v) is 5.62. The van der Waals surface area contributed by atoms with Gasteiger partial charge in [0, 0.05) is 12.1 Å². The Kier molecular flexibility index (Phi) is 3.50. The standard InChI is InChI=1S/C11H18O5Si/c1-15-10-6-9(7-11(8-10)16-2)4-3-5-17(12,13)14/h6-8,12-14H,3-5H2,1-2H3/i12T,13T,14T. The van der Waals surface area contributed by atoms with Crippen LogP contribution in [0.15, 0.2) is 18.2 Å². The maximum absolute atomic E-state index is 6.85. The molecule has 0 amide bonds. The normalized spacial score (nSPS) is 13.6. The molecule has 5 nitrogen and oxygen atoms in total. The van der Waals surface area contributed by atoms with Crippen molar-refractivity contribution in [3.8, 4) is 11.5 Å². The Hall–Kier alpha value is -1.08. The molecule has 3 N–H and O–H groups in total. The van der Waals surface area contributed by atoms with Crippen LogP contribution in [0.3, 0.4) is 0 Å². The summed E-state index contributed by atoms with van der Waals surface area (Å²) in [6.07, 6.45) is 1.19. The van der Waals surface area contributed by atoms with Gasteiger partial charge in [0.2, 0.25) is 0 Å². The van der Waals surface area contributed by atoms with Gasteiger partial charge in [-0.1, -0.05) is 0 Å². The van der Waals surface area contributed by atoms with Crippen molar-refractivity contribution in [2.75, 3.05) is 14.2 Å². The van der Waals surface area contributed by atoms with Gasteiger partial charge in [0.15, 0.2) is 4.29 Å². The van der Waals surface area contributed by atoms with Crippen LogP contribution >= 0.6 is 0 Å². The molecule has 0 bridgehead atoms. The molecule has 0 saturated carbocycles. The molecule has 1 aromatic rings. The van der Waals surface area contributed by atoms with E-state index in [0.29, 0.717) is 24.3 Å². The van der Waals surface area contributed by atoms with Crippen molar-refractivity contribution in [1.29, 1.82) is 4.29 Å². The first-order chi connectivity index (χ1) is 9.62. The van der Waals surface area contributed by atoms with E-state index in [1.54, 1.807) is 20.3 Å². The molecule has 0 aliphatic rings. The molecule has 0 aliphatic carbocycles. The van der Waals surface area contributed by atoms with E-state index in [-0.39, 0.29) is 6.04 Å². The maximum atomic E-state index is 6.85. The molecule has 0 atom stereocenters. The summed E-state index contributed by atoms with van der Waals surface area (Å²) in [5.74, 6) is 1.38. The highest BCUT2D eigenvalue weighted by molar-refractivity contribution is 6.56. The van der Waals surface area contributed by atoms with Crippen molar-refractivity contribution in [2.45, 2.75) is 18.9 Å². The molecule has 0 radical (unpaired) electrons. The highest BCUT2D eigenvalue weighted by Crippen LogP contribution is 2.23. The molecule has 17 heavy (non-hydrogen) atoms. The fourth-order valence-corrected chi connectivity index (χ4v) is 2.13. The first-order valence-electron chi connectivity index (χ1n) is 6.50. The van der Waals surface area contributed by atoms with E-state index in [0.717, 1.165) is 5.56 Å². The zero-order valence-electron chi connectivity index (χ0n) is 12.9. The second-order valence-electron chi connectivity index (χ2n) is 3.76. The minimum Gasteiger partial charge on any atom is -0.497 e. The van der Waals surface area contributed by atoms with Gasteiger partial charge in [-0.15, -0.1) is 0 Å². The van der Waals surface area contributed by atoms with Gasteiger partial charge < -0.3 is 23.9 Å². The average molecular weight is 264 g/mol. The molecule has 0 unspecified atom stereocenters. The Morgan fingerprint density at radius 3 is 2.18 bits per heavy atom. The minimum atomic E-state index is -3.48. The number of hydrogen-bond acceptors (Lipinski definition) is 5. The molecule has 0 fully saturated rings. The van der Waals surface area contributed by atoms with Gasteiger partial charge in [0.25, 0.3) is 0 Å². The van der Waals surface area contributed by atoms with Gasteiger partial charge in [-0.3, -0.25) is 0 Å². The van der Waals surface area contributed by atoms with Gasteiger partial charge in [-0.25, -0.2) is 0 Å². The maximum Gasteiger partial charge on any atom is 0.492 e. The first-order valence-corrected chi connectivity index (χ1v) is 7.21. The predicted octanol–water partition coefficient (Wildman–Crippen LogP) is 0.552. The van der Waals surface area contributed by atoms with Crippen molar-refractivity contribution in [2.24, 2.45) is 0 Å². The Morgan fingerprint density at radius 2 is 1.71 bits per heavy atom. The second kappa shape index (κ2) is 6.01. The van der Waals surface area contributed by atoms with Crippen LogP contribution in [0.4, 0.5) is 0 Å². The van der Waals surface area contributed by atoms with Crippen LogP contribution in [0.25, 0.3) is 0 Å². The third-order valence-electron chi connectivity index (χ3n) is 2.36. The Morgan fingerprint density at radius 1 is 1.12 bits per heavy atom. The molecule has 0 aliphatic heterocycles. The minimum absolute atomic E-state index is 0.211. The Bertz CT molecular complexity index is 387. The lowest BCUT2D eigenvalue weighted by molar-refractivity contribution is 0.226. The van der Waals surface area contributed by atoms with Crippen molar-refractivity contribution < 1.29 is 23.9 Å². The molecular weight excluding hydrogens is 240 g/mol. The SMILES string of the molecule is [3H]O[Si](CCCc1cc(OC)cc(OC)c1)(O[3H])O[3H]. The molecule has 96 valence electrons. The molecule has 0 saturated heterocycles. The van der Waals surface area contributed by atoms with Gasteiger partial charge in [-0.05, 0) is 30.5 Å². The van der Waals surface area contributed by atoms with Crippen LogP contribution in [-0.2, 0) is 6.42 Å². The Labute approximate surface area is 106 Å². The lowest BCUT2D eigenvalue weighted by atomic mass is 10.1. The monoisotopic (exact) mass is 264 g/mol. The van der Waals surface area contributed by atoms with E-state index in [2.05, 4.69) is 14.4 Å². The molecule has 0 aromatic heterocycles. The van der Waals surface area contributed by atoms with Crippen molar-refractivity contribution >= 4 is 8.80 Å². The van der Waals surface area contributed by atoms with E-state index in [1.165, 1.54) is 0 Å². The van der Waals surface area contributed by atoms with Crippen LogP contribution in [-0.4, -0.2) is 41.7 Å². The van der Waals surface area contributed by atoms with Crippen molar-refractivity contribution in [3.63, 3.8) is 0 Å². The van der Waals surface area contributed by atoms with Crippen LogP contribution in [0.1, 0.15) is 12.0 Å². The number of benzene rings is 1. The molecule has 6 heteroatoms. The fourth-order valence-electron chi connectivity index (χ4n) is 1.52. The summed E-state index contributed by atoms with van der Waals surface area (Å²) >= 11 is 0. The van der Waals surface area contributed by atoms with Crippen LogP contribution < -0.4 is 9.47 Å². The molecule has 1 aromatic carbocycles. The smallest absolute Gasteiger partial charge is 0.492 e. The van der Waals surface area contributed by atoms with Crippen LogP contribution in [0.5, 0.6) is 11.5 Å². The molecule has 0 heterocycles. The van der Waals surface area contributed by atoms with E-state index in [4.69, 9.17) is 13.8 Å². The topological polar surface area (TPSA) is 79.2 Å². The summed E-state index contributed by atoms with van der Waals surface area (Å²) < 4.78 is 30.9. The summed E-state index contributed by atoms with van der Waals surface area (Å²) in [7, 11) is -0.326. The van der Waals surface area contributed by atoms with Gasteiger partial charge in [0.1, 0.15) is 11.5 Å². The fraction of sp³-hybridized carbons (Fsp3) is 0.455. The van der Waals surface area contributed by atoms with E-state index in [1.807, 2.05) is 12.1 Å². The predicted molar refractivity (Wildman–Crippen MR) is 65.1 cm³/mol. The number of hydrogen-bond donors (Lipinski definition) is 3. The molecule has 0 spiro atoms. The number of methoxy groups -OCH3 is 2. The van der Waals surface area contributed by atoms with E-state index < -0.39 is 8.80 Å². The van der Waals surface area contributed by atoms with Gasteiger partial charge >= 0.3 is 8.80 Å². The summed E-state index contributed by atoms with van der Waals surface area (Å²) in [5.41, 5.74) is 0.976. The summed E-state index contributed by atoms with van der Waals surface area (Å²) in [4.78, 5) is 12.9. The van der Waals surface area contributed by atoms with Gasteiger partial charge in [0.05, 0.1) is 14.2 Å². The molecule has 1 rings (SSSR count). The quantitative estimate of drug-likeness (QED) is 0.568. The highest BCUT2D eigenvalue weighted by Gasteiger charge is 2.25. The highest BCUT2D eigenvalue weighted by atomic mass is 28.4. The zero-order chi connectivity index (χ0) is 15.0. The van der Waals surface area contributed by atoms with Crippen LogP contribution in [0.2, 0.25) is 6.04 Å². The zero-order valence-corrected chi connectivity index (χ0v) is 10.9. The van der Waals surface area contributed by atoms with Crippen LogP contribution in [0, 0.1) is 0 Å². The van der Waals surface area contributed by atoms with Crippen molar-refractivity contribution in [3.05, 3.63) is 23.8 Å². The molecular formula is C11H18O5Si. The van der Waals surface area contributed by atoms with Crippen molar-refractivity contribution in [1.82, 2.24) is 0 Å². The summed E-state index contributed by atoms with van der Waals surface area (Å²) in [6, 6.07) is 5.73. The third-order valence-corrected chi connectivity index (χ3v) is 3.33. The first kappa shape index (κ1) is 9.90. The van der Waals surface area contributed by atoms with Gasteiger partial charge in [-0.2, -0.15) is 0 Å². The van der Waals surface area contributed by atoms with E-state index >= 15 is 0 Å². The summed E-state index contributed by atoms with van der Waals surface area (Å²) in [5, 5.41) is 0. The van der Waals surface area contributed by atoms with E-state index in [9.17, 15) is 0 Å². The lowest BCUT2D eigenvalue weighted by Gasteiger charge is -2.10. The Balaban J connectivity index is 2.65. The third kappa shape index (κ3) is 5.18. The number of rotatable bonds is 9. The summed E-state index contributed by atoms with van der Waals surface area (Å²) in [6.45, 7) is 0. The number of aryl methyl sites for hydroxylation is 1.